The number of amides is 2. The molecule has 2 amide bonds. The topological polar surface area (TPSA) is 93.5 Å². The number of carbonyl (C=O) groups is 2. The third kappa shape index (κ3) is 4.07. The van der Waals surface area contributed by atoms with Gasteiger partial charge in [0.15, 0.2) is 0 Å². The van der Waals surface area contributed by atoms with Crippen LogP contribution in [0.1, 0.15) is 28.0 Å². The lowest BCUT2D eigenvalue weighted by Gasteiger charge is -2.07. The maximum atomic E-state index is 12.1. The van der Waals surface area contributed by atoms with E-state index in [1.807, 2.05) is 42.5 Å². The minimum Gasteiger partial charge on any atom is -0.464 e. The number of benzene rings is 2. The molecule has 26 heavy (non-hydrogen) atoms. The van der Waals surface area contributed by atoms with Crippen molar-refractivity contribution in [3.8, 4) is 17.1 Å². The van der Waals surface area contributed by atoms with Crippen LogP contribution in [0, 0.1) is 0 Å². The summed E-state index contributed by atoms with van der Waals surface area (Å²) in [5.41, 5.74) is 7.03. The minimum absolute atomic E-state index is 0.139. The molecule has 3 aromatic rings. The number of hydrogen-bond donors (Lipinski definition) is 2. The zero-order chi connectivity index (χ0) is 18.4. The second kappa shape index (κ2) is 7.98. The van der Waals surface area contributed by atoms with Gasteiger partial charge in [-0.15, -0.1) is 0 Å². The van der Waals surface area contributed by atoms with Crippen LogP contribution in [-0.4, -0.2) is 23.4 Å². The van der Waals surface area contributed by atoms with Gasteiger partial charge in [0, 0.05) is 5.56 Å². The van der Waals surface area contributed by atoms with E-state index in [-0.39, 0.29) is 11.8 Å². The Morgan fingerprint density at radius 2 is 1.62 bits per heavy atom. The van der Waals surface area contributed by atoms with Gasteiger partial charge in [0.2, 0.25) is 0 Å². The summed E-state index contributed by atoms with van der Waals surface area (Å²) in [4.78, 5) is 27.8. The number of hydrazine groups is 1. The standard InChI is InChI=1S/C19H17N3O4/c1-2-25-16-12-20-19(26-16)18(24)22-21-17(23)15-10-8-14(9-11-15)13-6-4-3-5-7-13/h3-12H,2H2,1H3,(H,21,23)(H,22,24). The normalized spacial score (nSPS) is 10.2. The first-order valence-electron chi connectivity index (χ1n) is 8.02. The Kier molecular flexibility index (Phi) is 5.28. The number of carbonyl (C=O) groups excluding carboxylic acids is 2. The number of rotatable bonds is 5. The molecule has 0 aliphatic heterocycles. The molecule has 1 heterocycles. The Bertz CT molecular complexity index is 889. The van der Waals surface area contributed by atoms with Crippen molar-refractivity contribution < 1.29 is 18.7 Å². The predicted octanol–water partition coefficient (Wildman–Crippen LogP) is 2.82. The highest BCUT2D eigenvalue weighted by atomic mass is 16.6. The fourth-order valence-electron chi connectivity index (χ4n) is 2.26. The van der Waals surface area contributed by atoms with Gasteiger partial charge in [-0.3, -0.25) is 20.4 Å². The highest BCUT2D eigenvalue weighted by Crippen LogP contribution is 2.19. The zero-order valence-electron chi connectivity index (χ0n) is 14.1. The molecule has 0 saturated heterocycles. The molecule has 0 unspecified atom stereocenters. The van der Waals surface area contributed by atoms with E-state index in [0.717, 1.165) is 11.1 Å². The first-order chi connectivity index (χ1) is 12.7. The van der Waals surface area contributed by atoms with Gasteiger partial charge in [-0.2, -0.15) is 0 Å². The Labute approximate surface area is 150 Å². The number of nitrogens with zero attached hydrogens (tertiary/aromatic N) is 1. The van der Waals surface area contributed by atoms with Gasteiger partial charge in [0.05, 0.1) is 6.61 Å². The lowest BCUT2D eigenvalue weighted by Crippen LogP contribution is -2.41. The molecule has 0 bridgehead atoms. The summed E-state index contributed by atoms with van der Waals surface area (Å²) in [6.45, 7) is 2.18. The van der Waals surface area contributed by atoms with Crippen LogP contribution in [0.3, 0.4) is 0 Å². The Hall–Kier alpha value is -3.61. The number of oxazole rings is 1. The molecule has 0 fully saturated rings. The highest BCUT2D eigenvalue weighted by molar-refractivity contribution is 5.97. The lowest BCUT2D eigenvalue weighted by atomic mass is 10.0. The van der Waals surface area contributed by atoms with Crippen LogP contribution < -0.4 is 15.6 Å². The Morgan fingerprint density at radius 1 is 0.962 bits per heavy atom. The summed E-state index contributed by atoms with van der Waals surface area (Å²) in [5.74, 6) is -1.19. The van der Waals surface area contributed by atoms with Crippen molar-refractivity contribution in [3.63, 3.8) is 0 Å². The van der Waals surface area contributed by atoms with Crippen molar-refractivity contribution in [2.75, 3.05) is 6.61 Å². The maximum absolute atomic E-state index is 12.1. The Morgan fingerprint density at radius 3 is 2.31 bits per heavy atom. The van der Waals surface area contributed by atoms with Crippen molar-refractivity contribution >= 4 is 11.8 Å². The summed E-state index contributed by atoms with van der Waals surface area (Å²) in [7, 11) is 0. The second-order valence-corrected chi connectivity index (χ2v) is 5.27. The van der Waals surface area contributed by atoms with Crippen LogP contribution in [-0.2, 0) is 0 Å². The van der Waals surface area contributed by atoms with Crippen LogP contribution in [0.4, 0.5) is 0 Å². The third-order valence-corrected chi connectivity index (χ3v) is 3.51. The average molecular weight is 351 g/mol. The van der Waals surface area contributed by atoms with E-state index < -0.39 is 11.8 Å². The third-order valence-electron chi connectivity index (χ3n) is 3.51. The van der Waals surface area contributed by atoms with Gasteiger partial charge >= 0.3 is 11.9 Å². The van der Waals surface area contributed by atoms with Crippen LogP contribution in [0.25, 0.3) is 11.1 Å². The van der Waals surface area contributed by atoms with Crippen molar-refractivity contribution in [1.82, 2.24) is 15.8 Å². The quantitative estimate of drug-likeness (QED) is 0.690. The lowest BCUT2D eigenvalue weighted by molar-refractivity contribution is 0.0822. The van der Waals surface area contributed by atoms with E-state index in [1.54, 1.807) is 19.1 Å². The minimum atomic E-state index is -0.676. The fourth-order valence-corrected chi connectivity index (χ4v) is 2.26. The molecule has 0 saturated carbocycles. The first-order valence-corrected chi connectivity index (χ1v) is 8.02. The summed E-state index contributed by atoms with van der Waals surface area (Å²) in [5, 5.41) is 0. The van der Waals surface area contributed by atoms with E-state index in [4.69, 9.17) is 9.15 Å². The van der Waals surface area contributed by atoms with E-state index in [1.165, 1.54) is 6.20 Å². The van der Waals surface area contributed by atoms with Gasteiger partial charge < -0.3 is 9.15 Å². The number of ether oxygens (including phenoxy) is 1. The van der Waals surface area contributed by atoms with Crippen molar-refractivity contribution in [2.24, 2.45) is 0 Å². The van der Waals surface area contributed by atoms with Crippen LogP contribution in [0.15, 0.2) is 65.2 Å². The summed E-state index contributed by atoms with van der Waals surface area (Å²) in [6.07, 6.45) is 1.29. The van der Waals surface area contributed by atoms with E-state index >= 15 is 0 Å². The summed E-state index contributed by atoms with van der Waals surface area (Å²) in [6, 6.07) is 16.9. The van der Waals surface area contributed by atoms with Crippen molar-refractivity contribution in [3.05, 3.63) is 72.2 Å². The first kappa shape index (κ1) is 17.2. The van der Waals surface area contributed by atoms with E-state index in [2.05, 4.69) is 15.8 Å². The smallest absolute Gasteiger partial charge is 0.325 e. The molecule has 0 atom stereocenters. The summed E-state index contributed by atoms with van der Waals surface area (Å²) >= 11 is 0. The van der Waals surface area contributed by atoms with Gasteiger partial charge in [-0.05, 0) is 30.2 Å². The molecule has 7 nitrogen and oxygen atoms in total. The average Bonchev–Trinajstić information content (AvgIpc) is 3.16. The fraction of sp³-hybridized carbons (Fsp3) is 0.105. The second-order valence-electron chi connectivity index (χ2n) is 5.27. The molecule has 2 aromatic carbocycles. The van der Waals surface area contributed by atoms with Gasteiger partial charge in [0.1, 0.15) is 6.20 Å². The van der Waals surface area contributed by atoms with Crippen LogP contribution in [0.2, 0.25) is 0 Å². The monoisotopic (exact) mass is 351 g/mol. The largest absolute Gasteiger partial charge is 0.464 e. The zero-order valence-corrected chi connectivity index (χ0v) is 14.1. The highest BCUT2D eigenvalue weighted by Gasteiger charge is 2.15. The van der Waals surface area contributed by atoms with Crippen molar-refractivity contribution in [1.29, 1.82) is 0 Å². The molecule has 0 aliphatic rings. The Balaban J connectivity index is 1.58. The van der Waals surface area contributed by atoms with Crippen LogP contribution in [0.5, 0.6) is 5.95 Å². The molecule has 2 N–H and O–H groups in total. The molecule has 3 rings (SSSR count). The van der Waals surface area contributed by atoms with Gasteiger partial charge in [-0.25, -0.2) is 4.98 Å². The molecular formula is C19H17N3O4. The molecule has 132 valence electrons. The van der Waals surface area contributed by atoms with E-state index in [0.29, 0.717) is 12.2 Å². The molecular weight excluding hydrogens is 334 g/mol. The molecule has 1 aromatic heterocycles. The molecule has 7 heteroatoms. The number of aromatic nitrogens is 1. The van der Waals surface area contributed by atoms with Crippen LogP contribution >= 0.6 is 0 Å². The van der Waals surface area contributed by atoms with Crippen molar-refractivity contribution in [2.45, 2.75) is 6.92 Å². The number of hydrogen-bond acceptors (Lipinski definition) is 5. The van der Waals surface area contributed by atoms with Gasteiger partial charge in [0.25, 0.3) is 11.8 Å². The van der Waals surface area contributed by atoms with Gasteiger partial charge in [-0.1, -0.05) is 42.5 Å². The SMILES string of the molecule is CCOc1cnc(C(=O)NNC(=O)c2ccc(-c3ccccc3)cc2)o1. The maximum Gasteiger partial charge on any atom is 0.325 e. The molecule has 0 aliphatic carbocycles. The number of nitrogens with one attached hydrogen (secondary N) is 2. The predicted molar refractivity (Wildman–Crippen MR) is 94.5 cm³/mol. The summed E-state index contributed by atoms with van der Waals surface area (Å²) < 4.78 is 10.2. The molecule has 0 radical (unpaired) electrons. The molecule has 0 spiro atoms. The van der Waals surface area contributed by atoms with E-state index in [9.17, 15) is 9.59 Å².